The van der Waals surface area contributed by atoms with Crippen LogP contribution < -0.4 is 10.1 Å². The Morgan fingerprint density at radius 1 is 1.41 bits per heavy atom. The molecule has 0 aliphatic heterocycles. The lowest BCUT2D eigenvalue weighted by Gasteiger charge is -2.23. The molecule has 0 radical (unpaired) electrons. The predicted octanol–water partition coefficient (Wildman–Crippen LogP) is 2.93. The lowest BCUT2D eigenvalue weighted by atomic mass is 10.1. The van der Waals surface area contributed by atoms with Crippen LogP contribution in [0.4, 0.5) is 4.39 Å². The van der Waals surface area contributed by atoms with Gasteiger partial charge in [-0.3, -0.25) is 4.79 Å². The maximum absolute atomic E-state index is 13.6. The van der Waals surface area contributed by atoms with Crippen molar-refractivity contribution in [2.75, 3.05) is 27.7 Å². The first-order chi connectivity index (χ1) is 10.5. The van der Waals surface area contributed by atoms with Crippen molar-refractivity contribution in [3.63, 3.8) is 0 Å². The van der Waals surface area contributed by atoms with Crippen molar-refractivity contribution in [2.24, 2.45) is 0 Å². The molecule has 1 aromatic heterocycles. The number of hydrogen-bond acceptors (Lipinski definition) is 4. The predicted molar refractivity (Wildman–Crippen MR) is 86.0 cm³/mol. The molecule has 0 aliphatic rings. The number of halogens is 1. The Morgan fingerprint density at radius 3 is 2.73 bits per heavy atom. The van der Waals surface area contributed by atoms with Gasteiger partial charge in [0.15, 0.2) is 11.6 Å². The fourth-order valence-corrected chi connectivity index (χ4v) is 3.04. The van der Waals surface area contributed by atoms with Crippen LogP contribution >= 0.6 is 11.3 Å². The van der Waals surface area contributed by atoms with Crippen LogP contribution in [0.2, 0.25) is 0 Å². The van der Waals surface area contributed by atoms with Crippen molar-refractivity contribution in [3.05, 3.63) is 52.0 Å². The van der Waals surface area contributed by atoms with E-state index in [1.54, 1.807) is 17.4 Å². The van der Waals surface area contributed by atoms with Gasteiger partial charge in [-0.25, -0.2) is 4.39 Å². The second-order valence-electron chi connectivity index (χ2n) is 5.05. The summed E-state index contributed by atoms with van der Waals surface area (Å²) in [4.78, 5) is 15.4. The van der Waals surface area contributed by atoms with E-state index in [9.17, 15) is 9.18 Å². The third-order valence-corrected chi connectivity index (χ3v) is 4.34. The van der Waals surface area contributed by atoms with Crippen LogP contribution in [-0.2, 0) is 0 Å². The monoisotopic (exact) mass is 322 g/mol. The minimum absolute atomic E-state index is 0.0899. The molecular formula is C16H19FN2O2S. The molecular weight excluding hydrogens is 303 g/mol. The molecule has 118 valence electrons. The van der Waals surface area contributed by atoms with Crippen LogP contribution in [0.5, 0.6) is 5.75 Å². The average Bonchev–Trinajstić information content (AvgIpc) is 3.00. The van der Waals surface area contributed by atoms with Crippen LogP contribution in [0, 0.1) is 5.82 Å². The molecule has 1 N–H and O–H groups in total. The zero-order chi connectivity index (χ0) is 16.1. The van der Waals surface area contributed by atoms with E-state index >= 15 is 0 Å². The van der Waals surface area contributed by atoms with Gasteiger partial charge in [0, 0.05) is 17.0 Å². The molecule has 0 aliphatic carbocycles. The number of nitrogens with zero attached hydrogens (tertiary/aromatic N) is 1. The fraction of sp³-hybridized carbons (Fsp3) is 0.312. The van der Waals surface area contributed by atoms with Crippen LogP contribution in [0.25, 0.3) is 0 Å². The minimum atomic E-state index is -0.544. The number of methoxy groups -OCH3 is 1. The highest BCUT2D eigenvalue weighted by Crippen LogP contribution is 2.22. The van der Waals surface area contributed by atoms with Crippen LogP contribution in [0.1, 0.15) is 21.3 Å². The normalized spacial score (nSPS) is 12.2. The van der Waals surface area contributed by atoms with Gasteiger partial charge in [0.1, 0.15) is 0 Å². The molecule has 0 fully saturated rings. The topological polar surface area (TPSA) is 41.6 Å². The number of carbonyl (C=O) groups is 1. The molecule has 0 bridgehead atoms. The van der Waals surface area contributed by atoms with Gasteiger partial charge >= 0.3 is 0 Å². The zero-order valence-electron chi connectivity index (χ0n) is 12.8. The standard InChI is InChI=1S/C16H19FN2O2S/c1-19(2)13(15-5-4-8-22-15)10-18-16(20)11-6-7-14(21-3)12(17)9-11/h4-9,13H,10H2,1-3H3,(H,18,20). The molecule has 2 aromatic rings. The van der Waals surface area contributed by atoms with E-state index < -0.39 is 5.82 Å². The lowest BCUT2D eigenvalue weighted by molar-refractivity contribution is 0.0941. The summed E-state index contributed by atoms with van der Waals surface area (Å²) >= 11 is 1.64. The van der Waals surface area contributed by atoms with E-state index in [1.165, 1.54) is 24.1 Å². The summed E-state index contributed by atoms with van der Waals surface area (Å²) in [5.74, 6) is -0.719. The van der Waals surface area contributed by atoms with Crippen LogP contribution in [-0.4, -0.2) is 38.6 Å². The summed E-state index contributed by atoms with van der Waals surface area (Å²) in [5.41, 5.74) is 0.280. The van der Waals surface area contributed by atoms with E-state index in [-0.39, 0.29) is 23.3 Å². The zero-order valence-corrected chi connectivity index (χ0v) is 13.6. The summed E-state index contributed by atoms with van der Waals surface area (Å²) in [6.45, 7) is 0.458. The number of rotatable bonds is 6. The Hall–Kier alpha value is -1.92. The number of likely N-dealkylation sites (N-methyl/N-ethyl adjacent to an activating group) is 1. The third kappa shape index (κ3) is 3.84. The van der Waals surface area contributed by atoms with Gasteiger partial charge in [0.2, 0.25) is 0 Å². The highest BCUT2D eigenvalue weighted by molar-refractivity contribution is 7.10. The molecule has 2 rings (SSSR count). The van der Waals surface area contributed by atoms with Crippen molar-refractivity contribution in [2.45, 2.75) is 6.04 Å². The van der Waals surface area contributed by atoms with Crippen molar-refractivity contribution < 1.29 is 13.9 Å². The summed E-state index contributed by atoms with van der Waals surface area (Å²) < 4.78 is 18.5. The third-order valence-electron chi connectivity index (χ3n) is 3.36. The number of ether oxygens (including phenoxy) is 1. The second kappa shape index (κ2) is 7.38. The summed E-state index contributed by atoms with van der Waals surface area (Å²) in [6.07, 6.45) is 0. The smallest absolute Gasteiger partial charge is 0.251 e. The van der Waals surface area contributed by atoms with Crippen molar-refractivity contribution >= 4 is 17.2 Å². The Balaban J connectivity index is 2.04. The largest absolute Gasteiger partial charge is 0.494 e. The molecule has 6 heteroatoms. The van der Waals surface area contributed by atoms with Crippen molar-refractivity contribution in [1.82, 2.24) is 10.2 Å². The Morgan fingerprint density at radius 2 is 2.18 bits per heavy atom. The Kier molecular flexibility index (Phi) is 5.51. The Labute approximate surface area is 133 Å². The number of carbonyl (C=O) groups excluding carboxylic acids is 1. The number of thiophene rings is 1. The molecule has 0 spiro atoms. The number of hydrogen-bond donors (Lipinski definition) is 1. The SMILES string of the molecule is COc1ccc(C(=O)NCC(c2cccs2)N(C)C)cc1F. The molecule has 1 amide bonds. The molecule has 0 saturated carbocycles. The summed E-state index contributed by atoms with van der Waals surface area (Å²) in [7, 11) is 5.31. The number of nitrogens with one attached hydrogen (secondary N) is 1. The molecule has 1 unspecified atom stereocenters. The Bertz CT molecular complexity index is 629. The van der Waals surface area contributed by atoms with Gasteiger partial charge in [0.05, 0.1) is 13.2 Å². The average molecular weight is 322 g/mol. The molecule has 4 nitrogen and oxygen atoms in total. The first-order valence-electron chi connectivity index (χ1n) is 6.84. The number of benzene rings is 1. The second-order valence-corrected chi connectivity index (χ2v) is 6.03. The molecule has 22 heavy (non-hydrogen) atoms. The number of amides is 1. The van der Waals surface area contributed by atoms with E-state index in [0.29, 0.717) is 6.54 Å². The summed E-state index contributed by atoms with van der Waals surface area (Å²) in [5, 5.41) is 4.86. The van der Waals surface area contributed by atoms with Gasteiger partial charge in [-0.1, -0.05) is 6.07 Å². The van der Waals surface area contributed by atoms with Gasteiger partial charge in [-0.05, 0) is 43.7 Å². The van der Waals surface area contributed by atoms with Crippen molar-refractivity contribution in [3.8, 4) is 5.75 Å². The van der Waals surface area contributed by atoms with E-state index in [2.05, 4.69) is 5.32 Å². The van der Waals surface area contributed by atoms with Gasteiger partial charge in [-0.2, -0.15) is 0 Å². The highest BCUT2D eigenvalue weighted by Gasteiger charge is 2.17. The van der Waals surface area contributed by atoms with Crippen LogP contribution in [0.15, 0.2) is 35.7 Å². The minimum Gasteiger partial charge on any atom is -0.494 e. The first kappa shape index (κ1) is 16.5. The summed E-state index contributed by atoms with van der Waals surface area (Å²) in [6, 6.07) is 8.29. The lowest BCUT2D eigenvalue weighted by Crippen LogP contribution is -2.34. The van der Waals surface area contributed by atoms with Crippen molar-refractivity contribution in [1.29, 1.82) is 0 Å². The van der Waals surface area contributed by atoms with Gasteiger partial charge in [0.25, 0.3) is 5.91 Å². The molecule has 0 saturated heterocycles. The van der Waals surface area contributed by atoms with E-state index in [1.807, 2.05) is 36.5 Å². The van der Waals surface area contributed by atoms with E-state index in [0.717, 1.165) is 0 Å². The first-order valence-corrected chi connectivity index (χ1v) is 7.72. The molecule has 1 heterocycles. The maximum atomic E-state index is 13.6. The molecule has 1 aromatic carbocycles. The molecule has 1 atom stereocenters. The fourth-order valence-electron chi connectivity index (χ4n) is 2.12. The highest BCUT2D eigenvalue weighted by atomic mass is 32.1. The van der Waals surface area contributed by atoms with Gasteiger partial charge < -0.3 is 15.0 Å². The van der Waals surface area contributed by atoms with E-state index in [4.69, 9.17) is 4.74 Å². The van der Waals surface area contributed by atoms with Crippen LogP contribution in [0.3, 0.4) is 0 Å². The maximum Gasteiger partial charge on any atom is 0.251 e. The quantitative estimate of drug-likeness (QED) is 0.889. The van der Waals surface area contributed by atoms with Gasteiger partial charge in [-0.15, -0.1) is 11.3 Å².